The topological polar surface area (TPSA) is 63.3 Å². The third-order valence-electron chi connectivity index (χ3n) is 4.10. The Morgan fingerprint density at radius 2 is 1.85 bits per heavy atom. The molecule has 5 nitrogen and oxygen atoms in total. The van der Waals surface area contributed by atoms with Crippen molar-refractivity contribution in [1.29, 1.82) is 0 Å². The van der Waals surface area contributed by atoms with Crippen molar-refractivity contribution in [3.8, 4) is 11.3 Å². The molecule has 4 rings (SSSR count). The fraction of sp³-hybridized carbons (Fsp3) is 0.0952. The summed E-state index contributed by atoms with van der Waals surface area (Å²) in [5.41, 5.74) is 7.64. The van der Waals surface area contributed by atoms with Gasteiger partial charge >= 0.3 is 0 Å². The van der Waals surface area contributed by atoms with Crippen LogP contribution in [0, 0.1) is 6.92 Å². The number of hydrazone groups is 1. The fourth-order valence-electron chi connectivity index (χ4n) is 2.78. The Labute approximate surface area is 151 Å². The summed E-state index contributed by atoms with van der Waals surface area (Å²) in [6.45, 7) is 3.92. The quantitative estimate of drug-likeness (QED) is 0.417. The molecule has 128 valence electrons. The highest BCUT2D eigenvalue weighted by Crippen LogP contribution is 2.27. The lowest BCUT2D eigenvalue weighted by Gasteiger charge is -2.09. The average molecular weight is 342 g/mol. The van der Waals surface area contributed by atoms with Gasteiger partial charge in [0, 0.05) is 10.9 Å². The average Bonchev–Trinajstić information content (AvgIpc) is 3.21. The fourth-order valence-corrected chi connectivity index (χ4v) is 2.78. The first-order valence-corrected chi connectivity index (χ1v) is 8.39. The largest absolute Gasteiger partial charge is 0.463 e. The minimum atomic E-state index is 0.452. The van der Waals surface area contributed by atoms with Crippen LogP contribution in [0.15, 0.2) is 76.4 Å². The van der Waals surface area contributed by atoms with Crippen molar-refractivity contribution in [1.82, 2.24) is 9.97 Å². The van der Waals surface area contributed by atoms with Crippen LogP contribution < -0.4 is 5.43 Å². The summed E-state index contributed by atoms with van der Waals surface area (Å²) >= 11 is 0. The summed E-state index contributed by atoms with van der Waals surface area (Å²) < 4.78 is 5.35. The first-order valence-electron chi connectivity index (χ1n) is 8.39. The molecule has 0 bridgehead atoms. The molecule has 0 saturated carbocycles. The van der Waals surface area contributed by atoms with Gasteiger partial charge in [-0.2, -0.15) is 5.10 Å². The minimum absolute atomic E-state index is 0.452. The SMILES string of the molecule is C/C(=N\Nc1nc(-c2ccccc2)c2ccc(C)cc2n1)c1ccco1. The van der Waals surface area contributed by atoms with Gasteiger partial charge in [0.1, 0.15) is 11.5 Å². The zero-order valence-electron chi connectivity index (χ0n) is 14.6. The Balaban J connectivity index is 1.79. The molecule has 0 unspecified atom stereocenters. The smallest absolute Gasteiger partial charge is 0.244 e. The summed E-state index contributed by atoms with van der Waals surface area (Å²) in [7, 11) is 0. The van der Waals surface area contributed by atoms with Gasteiger partial charge in [-0.25, -0.2) is 15.4 Å². The molecule has 5 heteroatoms. The van der Waals surface area contributed by atoms with E-state index in [1.165, 1.54) is 0 Å². The molecule has 0 aliphatic carbocycles. The second-order valence-electron chi connectivity index (χ2n) is 6.07. The molecule has 0 spiro atoms. The highest BCUT2D eigenvalue weighted by atomic mass is 16.3. The van der Waals surface area contributed by atoms with E-state index in [0.29, 0.717) is 11.7 Å². The summed E-state index contributed by atoms with van der Waals surface area (Å²) in [6.07, 6.45) is 1.62. The van der Waals surface area contributed by atoms with Crippen molar-refractivity contribution in [2.75, 3.05) is 5.43 Å². The zero-order chi connectivity index (χ0) is 17.9. The van der Waals surface area contributed by atoms with Gasteiger partial charge in [-0.1, -0.05) is 42.5 Å². The number of furan rings is 1. The molecule has 0 radical (unpaired) electrons. The van der Waals surface area contributed by atoms with E-state index in [1.807, 2.05) is 49.4 Å². The van der Waals surface area contributed by atoms with Crippen LogP contribution >= 0.6 is 0 Å². The third-order valence-corrected chi connectivity index (χ3v) is 4.10. The zero-order valence-corrected chi connectivity index (χ0v) is 14.6. The molecule has 4 aromatic rings. The normalized spacial score (nSPS) is 11.7. The maximum absolute atomic E-state index is 5.35. The van der Waals surface area contributed by atoms with E-state index in [4.69, 9.17) is 9.40 Å². The van der Waals surface area contributed by atoms with E-state index in [9.17, 15) is 0 Å². The van der Waals surface area contributed by atoms with Crippen LogP contribution in [0.4, 0.5) is 5.95 Å². The maximum Gasteiger partial charge on any atom is 0.244 e. The Kier molecular flexibility index (Phi) is 4.19. The lowest BCUT2D eigenvalue weighted by molar-refractivity contribution is 0.557. The number of rotatable bonds is 4. The van der Waals surface area contributed by atoms with Crippen molar-refractivity contribution in [3.05, 3.63) is 78.3 Å². The van der Waals surface area contributed by atoms with Crippen LogP contribution in [-0.2, 0) is 0 Å². The maximum atomic E-state index is 5.35. The number of aryl methyl sites for hydroxylation is 1. The van der Waals surface area contributed by atoms with E-state index in [1.54, 1.807) is 6.26 Å². The molecule has 0 saturated heterocycles. The third kappa shape index (κ3) is 3.19. The molecule has 0 atom stereocenters. The molecule has 26 heavy (non-hydrogen) atoms. The molecule has 0 aliphatic rings. The van der Waals surface area contributed by atoms with Gasteiger partial charge in [-0.05, 0) is 37.6 Å². The van der Waals surface area contributed by atoms with E-state index in [-0.39, 0.29) is 0 Å². The van der Waals surface area contributed by atoms with E-state index in [2.05, 4.69) is 40.6 Å². The van der Waals surface area contributed by atoms with Gasteiger partial charge in [-0.3, -0.25) is 0 Å². The van der Waals surface area contributed by atoms with Gasteiger partial charge < -0.3 is 4.42 Å². The van der Waals surface area contributed by atoms with Crippen molar-refractivity contribution < 1.29 is 4.42 Å². The number of hydrogen-bond donors (Lipinski definition) is 1. The Bertz CT molecular complexity index is 1070. The minimum Gasteiger partial charge on any atom is -0.463 e. The standard InChI is InChI=1S/C21H18N4O/c1-14-10-11-17-18(13-14)22-21(23-20(17)16-7-4-3-5-8-16)25-24-15(2)19-9-6-12-26-19/h3-13H,1-2H3,(H,22,23,25)/b24-15+. The number of hydrogen-bond acceptors (Lipinski definition) is 5. The van der Waals surface area contributed by atoms with E-state index in [0.717, 1.165) is 33.4 Å². The summed E-state index contributed by atoms with van der Waals surface area (Å²) in [4.78, 5) is 9.31. The van der Waals surface area contributed by atoms with Crippen molar-refractivity contribution >= 4 is 22.6 Å². The number of fused-ring (bicyclic) bond motifs is 1. The number of benzene rings is 2. The predicted molar refractivity (Wildman–Crippen MR) is 104 cm³/mol. The van der Waals surface area contributed by atoms with Crippen LogP contribution in [0.1, 0.15) is 18.2 Å². The molecule has 0 aliphatic heterocycles. The molecule has 2 aromatic heterocycles. The molecule has 0 amide bonds. The van der Waals surface area contributed by atoms with Crippen LogP contribution in [-0.4, -0.2) is 15.7 Å². The van der Waals surface area contributed by atoms with E-state index < -0.39 is 0 Å². The van der Waals surface area contributed by atoms with Gasteiger partial charge in [-0.15, -0.1) is 0 Å². The number of nitrogens with one attached hydrogen (secondary N) is 1. The highest BCUT2D eigenvalue weighted by Gasteiger charge is 2.10. The Morgan fingerprint density at radius 3 is 2.62 bits per heavy atom. The number of nitrogens with zero attached hydrogens (tertiary/aromatic N) is 3. The van der Waals surface area contributed by atoms with Gasteiger partial charge in [0.15, 0.2) is 0 Å². The predicted octanol–water partition coefficient (Wildman–Crippen LogP) is 5.03. The van der Waals surface area contributed by atoms with Crippen molar-refractivity contribution in [2.45, 2.75) is 13.8 Å². The Hall–Kier alpha value is -3.47. The van der Waals surface area contributed by atoms with Gasteiger partial charge in [0.25, 0.3) is 0 Å². The first-order chi connectivity index (χ1) is 12.7. The lowest BCUT2D eigenvalue weighted by Crippen LogP contribution is -2.03. The monoisotopic (exact) mass is 342 g/mol. The molecule has 0 fully saturated rings. The van der Waals surface area contributed by atoms with Crippen LogP contribution in [0.2, 0.25) is 0 Å². The van der Waals surface area contributed by atoms with Crippen LogP contribution in [0.25, 0.3) is 22.2 Å². The van der Waals surface area contributed by atoms with Crippen molar-refractivity contribution in [2.24, 2.45) is 5.10 Å². The summed E-state index contributed by atoms with van der Waals surface area (Å²) in [6, 6.07) is 20.0. The molecule has 1 N–H and O–H groups in total. The molecule has 2 aromatic carbocycles. The van der Waals surface area contributed by atoms with Crippen molar-refractivity contribution in [3.63, 3.8) is 0 Å². The number of aromatic nitrogens is 2. The van der Waals surface area contributed by atoms with E-state index >= 15 is 0 Å². The van der Waals surface area contributed by atoms with Gasteiger partial charge in [0.05, 0.1) is 17.5 Å². The second kappa shape index (κ2) is 6.80. The first kappa shape index (κ1) is 16.0. The van der Waals surface area contributed by atoms with Crippen LogP contribution in [0.3, 0.4) is 0 Å². The molecular formula is C21H18N4O. The summed E-state index contributed by atoms with van der Waals surface area (Å²) in [5, 5.41) is 5.36. The van der Waals surface area contributed by atoms with Crippen LogP contribution in [0.5, 0.6) is 0 Å². The van der Waals surface area contributed by atoms with Gasteiger partial charge in [0.2, 0.25) is 5.95 Å². The lowest BCUT2D eigenvalue weighted by atomic mass is 10.1. The molecular weight excluding hydrogens is 324 g/mol. The summed E-state index contributed by atoms with van der Waals surface area (Å²) in [5.74, 6) is 1.16. The number of anilines is 1. The molecule has 2 heterocycles. The second-order valence-corrected chi connectivity index (χ2v) is 6.07. The highest BCUT2D eigenvalue weighted by molar-refractivity contribution is 5.97. The Morgan fingerprint density at radius 1 is 1.00 bits per heavy atom.